The molecular formula is C16H11ClF3N3O2S. The van der Waals surface area contributed by atoms with Crippen LogP contribution in [0.2, 0.25) is 5.02 Å². The van der Waals surface area contributed by atoms with Crippen LogP contribution in [0, 0.1) is 0 Å². The van der Waals surface area contributed by atoms with Crippen LogP contribution >= 0.6 is 11.6 Å². The van der Waals surface area contributed by atoms with Gasteiger partial charge in [-0.3, -0.25) is 0 Å². The highest BCUT2D eigenvalue weighted by molar-refractivity contribution is 7.89. The van der Waals surface area contributed by atoms with Gasteiger partial charge in [-0.25, -0.2) is 18.2 Å². The van der Waals surface area contributed by atoms with Crippen molar-refractivity contribution < 1.29 is 21.6 Å². The molecule has 0 spiro atoms. The lowest BCUT2D eigenvalue weighted by Gasteiger charge is -2.18. The van der Waals surface area contributed by atoms with Crippen LogP contribution in [-0.4, -0.2) is 18.2 Å². The van der Waals surface area contributed by atoms with E-state index >= 15 is 0 Å². The molecule has 0 unspecified atom stereocenters. The van der Waals surface area contributed by atoms with Gasteiger partial charge in [0, 0.05) is 23.0 Å². The Balaban J connectivity index is 2.45. The van der Waals surface area contributed by atoms with Gasteiger partial charge in [0.05, 0.1) is 11.3 Å². The van der Waals surface area contributed by atoms with Gasteiger partial charge in [-0.2, -0.15) is 18.3 Å². The van der Waals surface area contributed by atoms with Gasteiger partial charge in [0.1, 0.15) is 4.90 Å². The fourth-order valence-electron chi connectivity index (χ4n) is 2.48. The van der Waals surface area contributed by atoms with Crippen molar-refractivity contribution in [1.29, 1.82) is 0 Å². The van der Waals surface area contributed by atoms with E-state index in [-0.39, 0.29) is 11.3 Å². The lowest BCUT2D eigenvalue weighted by molar-refractivity contribution is -0.137. The minimum Gasteiger partial charge on any atom is -0.239 e. The number of rotatable bonds is 3. The lowest BCUT2D eigenvalue weighted by atomic mass is 10.0. The highest BCUT2D eigenvalue weighted by Crippen LogP contribution is 2.39. The maximum Gasteiger partial charge on any atom is 0.416 e. The van der Waals surface area contributed by atoms with Gasteiger partial charge >= 0.3 is 6.18 Å². The summed E-state index contributed by atoms with van der Waals surface area (Å²) in [5.74, 6) is 0. The molecule has 1 aromatic heterocycles. The molecule has 5 nitrogen and oxygen atoms in total. The molecule has 136 valence electrons. The smallest absolute Gasteiger partial charge is 0.239 e. The van der Waals surface area contributed by atoms with E-state index in [2.05, 4.69) is 5.10 Å². The number of nitrogens with zero attached hydrogens (tertiary/aromatic N) is 2. The number of hydrogen-bond donors (Lipinski definition) is 1. The summed E-state index contributed by atoms with van der Waals surface area (Å²) in [4.78, 5) is -0.680. The van der Waals surface area contributed by atoms with Crippen LogP contribution in [0.4, 0.5) is 13.2 Å². The molecule has 3 rings (SSSR count). The molecule has 2 aromatic carbocycles. The minimum absolute atomic E-state index is 0.00390. The average Bonchev–Trinajstić information content (AvgIpc) is 3.07. The van der Waals surface area contributed by atoms with Crippen molar-refractivity contribution >= 4 is 21.6 Å². The normalized spacial score (nSPS) is 12.3. The number of nitrogens with two attached hydrogens (primary N) is 1. The minimum atomic E-state index is -4.76. The summed E-state index contributed by atoms with van der Waals surface area (Å²) in [5.41, 5.74) is -0.879. The second kappa shape index (κ2) is 6.42. The molecule has 0 aliphatic carbocycles. The first-order chi connectivity index (χ1) is 12.1. The molecule has 0 radical (unpaired) electrons. The number of primary sulfonamides is 1. The maximum absolute atomic E-state index is 13.3. The molecule has 0 fully saturated rings. The predicted octanol–water partition coefficient (Wildman–Crippen LogP) is 3.86. The number of benzene rings is 2. The molecule has 0 aliphatic heterocycles. The van der Waals surface area contributed by atoms with Crippen LogP contribution in [0.15, 0.2) is 59.8 Å². The van der Waals surface area contributed by atoms with E-state index in [1.807, 2.05) is 0 Å². The molecule has 10 heteroatoms. The second-order valence-electron chi connectivity index (χ2n) is 5.37. The van der Waals surface area contributed by atoms with E-state index in [0.717, 1.165) is 10.7 Å². The van der Waals surface area contributed by atoms with Gasteiger partial charge in [-0.05, 0) is 35.9 Å². The Labute approximate surface area is 151 Å². The molecule has 1 heterocycles. The molecule has 0 atom stereocenters. The third kappa shape index (κ3) is 3.59. The molecule has 3 aromatic rings. The van der Waals surface area contributed by atoms with E-state index in [1.165, 1.54) is 42.7 Å². The Morgan fingerprint density at radius 3 is 2.27 bits per heavy atom. The van der Waals surface area contributed by atoms with Gasteiger partial charge in [0.2, 0.25) is 10.0 Å². The Hall–Kier alpha value is -2.36. The average molecular weight is 402 g/mol. The highest BCUT2D eigenvalue weighted by atomic mass is 35.5. The van der Waals surface area contributed by atoms with Crippen LogP contribution in [0.25, 0.3) is 16.8 Å². The number of sulfonamides is 1. The first-order valence-electron chi connectivity index (χ1n) is 7.11. The Bertz CT molecular complexity index is 1050. The number of hydrogen-bond acceptors (Lipinski definition) is 3. The van der Waals surface area contributed by atoms with E-state index in [9.17, 15) is 21.6 Å². The summed E-state index contributed by atoms with van der Waals surface area (Å²) < 4.78 is 65.1. The van der Waals surface area contributed by atoms with E-state index in [4.69, 9.17) is 16.7 Å². The topological polar surface area (TPSA) is 78.0 Å². The van der Waals surface area contributed by atoms with E-state index in [1.54, 1.807) is 0 Å². The van der Waals surface area contributed by atoms with Crippen LogP contribution in [0.1, 0.15) is 5.56 Å². The summed E-state index contributed by atoms with van der Waals surface area (Å²) in [6.07, 6.45) is -1.98. The van der Waals surface area contributed by atoms with Crippen LogP contribution in [0.3, 0.4) is 0 Å². The Kier molecular flexibility index (Phi) is 4.55. The quantitative estimate of drug-likeness (QED) is 0.723. The summed E-state index contributed by atoms with van der Waals surface area (Å²) in [6, 6.07) is 8.81. The van der Waals surface area contributed by atoms with Gasteiger partial charge < -0.3 is 0 Å². The third-order valence-electron chi connectivity index (χ3n) is 3.60. The molecule has 2 N–H and O–H groups in total. The lowest BCUT2D eigenvalue weighted by Crippen LogP contribution is -2.18. The van der Waals surface area contributed by atoms with Crippen molar-refractivity contribution in [3.63, 3.8) is 0 Å². The molecular weight excluding hydrogens is 391 g/mol. The third-order valence-corrected chi connectivity index (χ3v) is 4.77. The van der Waals surface area contributed by atoms with Crippen LogP contribution in [-0.2, 0) is 16.2 Å². The van der Waals surface area contributed by atoms with Crippen molar-refractivity contribution in [2.24, 2.45) is 5.14 Å². The molecule has 0 amide bonds. The van der Waals surface area contributed by atoms with Crippen molar-refractivity contribution in [2.45, 2.75) is 11.1 Å². The summed E-state index contributed by atoms with van der Waals surface area (Å²) >= 11 is 5.83. The number of aromatic nitrogens is 2. The molecule has 0 saturated carbocycles. The van der Waals surface area contributed by atoms with Gasteiger partial charge in [-0.15, -0.1) is 0 Å². The van der Waals surface area contributed by atoms with Gasteiger partial charge in [-0.1, -0.05) is 23.7 Å². The zero-order chi connectivity index (χ0) is 19.1. The predicted molar refractivity (Wildman–Crippen MR) is 90.4 cm³/mol. The largest absolute Gasteiger partial charge is 0.416 e. The fraction of sp³-hybridized carbons (Fsp3) is 0.0625. The summed E-state index contributed by atoms with van der Waals surface area (Å²) in [5, 5.41) is 9.52. The summed E-state index contributed by atoms with van der Waals surface area (Å²) in [6.45, 7) is 0. The van der Waals surface area contributed by atoms with Crippen molar-refractivity contribution in [1.82, 2.24) is 9.78 Å². The summed E-state index contributed by atoms with van der Waals surface area (Å²) in [7, 11) is -4.47. The molecule has 0 saturated heterocycles. The Morgan fingerprint density at radius 2 is 1.77 bits per heavy atom. The molecule has 0 bridgehead atoms. The molecule has 26 heavy (non-hydrogen) atoms. The monoisotopic (exact) mass is 401 g/mol. The zero-order valence-corrected chi connectivity index (χ0v) is 14.5. The van der Waals surface area contributed by atoms with Crippen LogP contribution in [0.5, 0.6) is 0 Å². The SMILES string of the molecule is NS(=O)(=O)c1cc(C(F)(F)F)cc(-c2ccc(Cl)cc2)c1-n1cccn1. The maximum atomic E-state index is 13.3. The van der Waals surface area contributed by atoms with Crippen molar-refractivity contribution in [3.8, 4) is 16.8 Å². The van der Waals surface area contributed by atoms with Gasteiger partial charge in [0.25, 0.3) is 0 Å². The first-order valence-corrected chi connectivity index (χ1v) is 9.04. The zero-order valence-electron chi connectivity index (χ0n) is 12.9. The van der Waals surface area contributed by atoms with Crippen molar-refractivity contribution in [3.05, 3.63) is 65.4 Å². The van der Waals surface area contributed by atoms with E-state index < -0.39 is 26.7 Å². The standard InChI is InChI=1S/C16H11ClF3N3O2S/c17-12-4-2-10(3-5-12)13-8-11(16(18,19)20)9-14(26(21,24)25)15(13)23-7-1-6-22-23/h1-9H,(H2,21,24,25). The van der Waals surface area contributed by atoms with Gasteiger partial charge in [0.15, 0.2) is 0 Å². The van der Waals surface area contributed by atoms with Crippen LogP contribution < -0.4 is 5.14 Å². The number of halogens is 4. The fourth-order valence-corrected chi connectivity index (χ4v) is 3.37. The first kappa shape index (κ1) is 18.4. The second-order valence-corrected chi connectivity index (χ2v) is 7.34. The highest BCUT2D eigenvalue weighted by Gasteiger charge is 2.34. The Morgan fingerprint density at radius 1 is 1.12 bits per heavy atom. The molecule has 0 aliphatic rings. The van der Waals surface area contributed by atoms with Crippen molar-refractivity contribution in [2.75, 3.05) is 0 Å². The van der Waals surface area contributed by atoms with E-state index in [0.29, 0.717) is 16.7 Å². The number of alkyl halides is 3.